The molecular formula is C29H28BrN3O5. The van der Waals surface area contributed by atoms with Crippen molar-refractivity contribution in [3.8, 4) is 0 Å². The average Bonchev–Trinajstić information content (AvgIpc) is 3.71. The molecule has 0 radical (unpaired) electrons. The number of amides is 3. The van der Waals surface area contributed by atoms with E-state index >= 15 is 0 Å². The molecule has 3 fully saturated rings. The van der Waals surface area contributed by atoms with Crippen LogP contribution in [0.25, 0.3) is 0 Å². The normalized spacial score (nSPS) is 28.3. The van der Waals surface area contributed by atoms with Crippen molar-refractivity contribution in [2.75, 3.05) is 11.6 Å². The van der Waals surface area contributed by atoms with Gasteiger partial charge >= 0.3 is 0 Å². The summed E-state index contributed by atoms with van der Waals surface area (Å²) in [5.41, 5.74) is 2.35. The Morgan fingerprint density at radius 3 is 2.13 bits per heavy atom. The second-order valence-electron chi connectivity index (χ2n) is 10.7. The van der Waals surface area contributed by atoms with Gasteiger partial charge in [-0.3, -0.25) is 34.3 Å². The van der Waals surface area contributed by atoms with Gasteiger partial charge in [0.2, 0.25) is 11.8 Å². The maximum Gasteiger partial charge on any atom is 0.270 e. The van der Waals surface area contributed by atoms with Crippen molar-refractivity contribution < 1.29 is 19.3 Å². The first kappa shape index (κ1) is 25.0. The number of carbonyl (C=O) groups is 3. The molecule has 2 aromatic rings. The third kappa shape index (κ3) is 3.73. The Morgan fingerprint density at radius 2 is 1.61 bits per heavy atom. The van der Waals surface area contributed by atoms with Crippen molar-refractivity contribution in [1.29, 1.82) is 0 Å². The Hall–Kier alpha value is -3.33. The second kappa shape index (κ2) is 9.15. The molecule has 3 amide bonds. The highest BCUT2D eigenvalue weighted by Gasteiger charge is 2.67. The fraction of sp³-hybridized carbons (Fsp3) is 0.414. The first-order chi connectivity index (χ1) is 18.2. The van der Waals surface area contributed by atoms with Crippen LogP contribution in [0.2, 0.25) is 0 Å². The lowest BCUT2D eigenvalue weighted by atomic mass is 9.63. The van der Waals surface area contributed by atoms with E-state index in [0.29, 0.717) is 30.4 Å². The third-order valence-electron chi connectivity index (χ3n) is 8.85. The molecule has 2 bridgehead atoms. The van der Waals surface area contributed by atoms with Gasteiger partial charge in [0.1, 0.15) is 6.67 Å². The number of benzene rings is 2. The fourth-order valence-corrected chi connectivity index (χ4v) is 7.60. The van der Waals surface area contributed by atoms with E-state index in [-0.39, 0.29) is 53.4 Å². The van der Waals surface area contributed by atoms with Gasteiger partial charge in [-0.2, -0.15) is 0 Å². The van der Waals surface area contributed by atoms with Crippen molar-refractivity contribution in [2.45, 2.75) is 33.1 Å². The van der Waals surface area contributed by atoms with Crippen molar-refractivity contribution in [2.24, 2.45) is 35.5 Å². The Morgan fingerprint density at radius 1 is 1.03 bits per heavy atom. The summed E-state index contributed by atoms with van der Waals surface area (Å²) in [4.78, 5) is 55.3. The van der Waals surface area contributed by atoms with Crippen LogP contribution in [0, 0.1) is 45.6 Å². The van der Waals surface area contributed by atoms with E-state index in [9.17, 15) is 24.5 Å². The lowest BCUT2D eigenvalue weighted by Gasteiger charge is -2.37. The van der Waals surface area contributed by atoms with Gasteiger partial charge in [-0.25, -0.2) is 0 Å². The van der Waals surface area contributed by atoms with Crippen molar-refractivity contribution in [3.05, 3.63) is 79.8 Å². The molecule has 2 aromatic carbocycles. The quantitative estimate of drug-likeness (QED) is 0.196. The standard InChI is InChI=1S/C29H28BrN3O5/c1-3-15-10-18(30)11-16(4-2)26(15)31(27(34)17-6-5-7-19(12-17)33(37)38)14-32-28(35)24-20-8-9-21(23-13-22(20)23)25(24)29(32)36/h5-12,20-25H,3-4,13-14H2,1-2H3. The molecule has 196 valence electrons. The van der Waals surface area contributed by atoms with Crippen LogP contribution in [0.4, 0.5) is 11.4 Å². The number of halogens is 1. The zero-order valence-corrected chi connectivity index (χ0v) is 22.8. The zero-order chi connectivity index (χ0) is 26.9. The molecule has 0 aromatic heterocycles. The minimum Gasteiger partial charge on any atom is -0.289 e. The first-order valence-electron chi connectivity index (χ1n) is 13.2. The summed E-state index contributed by atoms with van der Waals surface area (Å²) in [6.07, 6.45) is 6.56. The molecule has 4 aliphatic carbocycles. The van der Waals surface area contributed by atoms with Crippen LogP contribution >= 0.6 is 15.9 Å². The summed E-state index contributed by atoms with van der Waals surface area (Å²) in [5.74, 6) is -0.505. The number of allylic oxidation sites excluding steroid dienone is 2. The van der Waals surface area contributed by atoms with Gasteiger partial charge < -0.3 is 0 Å². The van der Waals surface area contributed by atoms with Crippen LogP contribution in [-0.4, -0.2) is 34.2 Å². The maximum absolute atomic E-state index is 14.1. The van der Waals surface area contributed by atoms with Crippen LogP contribution in [0.1, 0.15) is 41.8 Å². The van der Waals surface area contributed by atoms with Crippen molar-refractivity contribution >= 4 is 45.0 Å². The summed E-state index contributed by atoms with van der Waals surface area (Å²) in [5, 5.41) is 11.4. The van der Waals surface area contributed by atoms with Gasteiger partial charge in [-0.05, 0) is 72.3 Å². The van der Waals surface area contributed by atoms with Crippen LogP contribution in [0.3, 0.4) is 0 Å². The minimum absolute atomic E-state index is 0.0856. The third-order valence-corrected chi connectivity index (χ3v) is 9.31. The van der Waals surface area contributed by atoms with E-state index < -0.39 is 10.8 Å². The van der Waals surface area contributed by atoms with Crippen LogP contribution < -0.4 is 4.90 Å². The predicted octanol–water partition coefficient (Wildman–Crippen LogP) is 5.14. The predicted molar refractivity (Wildman–Crippen MR) is 144 cm³/mol. The topological polar surface area (TPSA) is 101 Å². The monoisotopic (exact) mass is 577 g/mol. The fourth-order valence-electron chi connectivity index (χ4n) is 7.05. The Bertz CT molecular complexity index is 1360. The van der Waals surface area contributed by atoms with Gasteiger partial charge in [-0.15, -0.1) is 0 Å². The highest BCUT2D eigenvalue weighted by molar-refractivity contribution is 9.10. The van der Waals surface area contributed by atoms with E-state index in [1.165, 1.54) is 34.1 Å². The second-order valence-corrected chi connectivity index (χ2v) is 11.6. The number of hydrogen-bond acceptors (Lipinski definition) is 5. The maximum atomic E-state index is 14.1. The lowest BCUT2D eigenvalue weighted by Crippen LogP contribution is -2.46. The molecule has 7 rings (SSSR count). The smallest absolute Gasteiger partial charge is 0.270 e. The molecule has 9 heteroatoms. The van der Waals surface area contributed by atoms with Crippen molar-refractivity contribution in [1.82, 2.24) is 4.90 Å². The highest BCUT2D eigenvalue weighted by atomic mass is 79.9. The molecule has 1 aliphatic heterocycles. The molecule has 6 unspecified atom stereocenters. The van der Waals surface area contributed by atoms with Crippen molar-refractivity contribution in [3.63, 3.8) is 0 Å². The van der Waals surface area contributed by atoms with Gasteiger partial charge in [0.25, 0.3) is 11.6 Å². The SMILES string of the molecule is CCc1cc(Br)cc(CC)c1N(CN1C(=O)C2C3C=CC(C4CC34)C2C1=O)C(=O)c1cccc([N+](=O)[O-])c1. The van der Waals surface area contributed by atoms with Gasteiger partial charge in [-0.1, -0.05) is 48.0 Å². The Balaban J connectivity index is 1.43. The summed E-state index contributed by atoms with van der Waals surface area (Å²) in [7, 11) is 0. The largest absolute Gasteiger partial charge is 0.289 e. The summed E-state index contributed by atoms with van der Waals surface area (Å²) in [6, 6.07) is 9.46. The van der Waals surface area contributed by atoms with E-state index in [4.69, 9.17) is 0 Å². The number of nitro groups is 1. The molecule has 6 atom stereocenters. The van der Waals surface area contributed by atoms with E-state index in [1.807, 2.05) is 26.0 Å². The minimum atomic E-state index is -0.540. The number of non-ortho nitro benzene ring substituents is 1. The van der Waals surface area contributed by atoms with E-state index in [2.05, 4.69) is 28.1 Å². The molecule has 5 aliphatic rings. The summed E-state index contributed by atoms with van der Waals surface area (Å²) in [6.45, 7) is 3.75. The molecule has 0 N–H and O–H groups in total. The van der Waals surface area contributed by atoms with Crippen LogP contribution in [-0.2, 0) is 22.4 Å². The number of aryl methyl sites for hydroxylation is 2. The summed E-state index contributed by atoms with van der Waals surface area (Å²) >= 11 is 3.56. The molecule has 1 saturated heterocycles. The number of carbonyl (C=O) groups excluding carboxylic acids is 3. The average molecular weight is 578 g/mol. The molecule has 38 heavy (non-hydrogen) atoms. The number of rotatable bonds is 7. The number of imide groups is 1. The summed E-state index contributed by atoms with van der Waals surface area (Å²) < 4.78 is 0.874. The van der Waals surface area contributed by atoms with E-state index in [1.54, 1.807) is 0 Å². The molecular weight excluding hydrogens is 550 g/mol. The van der Waals surface area contributed by atoms with Gasteiger partial charge in [0.05, 0.1) is 22.4 Å². The number of nitrogens with zero attached hydrogens (tertiary/aromatic N) is 3. The molecule has 0 spiro atoms. The molecule has 8 nitrogen and oxygen atoms in total. The van der Waals surface area contributed by atoms with Gasteiger partial charge in [0.15, 0.2) is 0 Å². The van der Waals surface area contributed by atoms with Gasteiger partial charge in [0, 0.05) is 22.2 Å². The molecule has 1 heterocycles. The van der Waals surface area contributed by atoms with E-state index in [0.717, 1.165) is 22.0 Å². The highest BCUT2D eigenvalue weighted by Crippen LogP contribution is 2.65. The zero-order valence-electron chi connectivity index (χ0n) is 21.2. The number of hydrogen-bond donors (Lipinski definition) is 0. The molecule has 2 saturated carbocycles. The Kier molecular flexibility index (Phi) is 6.01. The Labute approximate surface area is 229 Å². The lowest BCUT2D eigenvalue weighted by molar-refractivity contribution is -0.384. The number of anilines is 1. The van der Waals surface area contributed by atoms with Crippen LogP contribution in [0.5, 0.6) is 0 Å². The number of likely N-dealkylation sites (tertiary alicyclic amines) is 1. The van der Waals surface area contributed by atoms with Crippen LogP contribution in [0.15, 0.2) is 53.0 Å². The first-order valence-corrected chi connectivity index (χ1v) is 14.0. The number of nitro benzene ring substituents is 1.